The first-order valence-corrected chi connectivity index (χ1v) is 4.61. The van der Waals surface area contributed by atoms with E-state index in [2.05, 4.69) is 5.48 Å². The Morgan fingerprint density at radius 3 is 3.00 bits per heavy atom. The molecule has 12 heavy (non-hydrogen) atoms. The summed E-state index contributed by atoms with van der Waals surface area (Å²) in [6.45, 7) is 2.24. The van der Waals surface area contributed by atoms with Gasteiger partial charge in [0.05, 0.1) is 15.8 Å². The van der Waals surface area contributed by atoms with Crippen molar-refractivity contribution >= 4 is 28.8 Å². The fourth-order valence-corrected chi connectivity index (χ4v) is 1.55. The van der Waals surface area contributed by atoms with Crippen LogP contribution in [0.4, 0.5) is 0 Å². The zero-order valence-corrected chi connectivity index (χ0v) is 8.04. The van der Waals surface area contributed by atoms with Gasteiger partial charge in [-0.05, 0) is 19.1 Å². The van der Waals surface area contributed by atoms with Crippen molar-refractivity contribution in [2.24, 2.45) is 0 Å². The Morgan fingerprint density at radius 1 is 1.75 bits per heavy atom. The molecule has 0 fully saturated rings. The Morgan fingerprint density at radius 2 is 2.50 bits per heavy atom. The molecule has 1 aromatic heterocycles. The summed E-state index contributed by atoms with van der Waals surface area (Å²) in [6, 6.07) is 3.33. The Hall–Kier alpha value is -0.580. The molecule has 1 heterocycles. The molecule has 5 heteroatoms. The third kappa shape index (κ3) is 2.48. The molecule has 1 amide bonds. The van der Waals surface area contributed by atoms with E-state index >= 15 is 0 Å². The van der Waals surface area contributed by atoms with E-state index in [1.54, 1.807) is 19.1 Å². The maximum Gasteiger partial charge on any atom is 0.284 e. The zero-order valence-electron chi connectivity index (χ0n) is 6.46. The van der Waals surface area contributed by atoms with E-state index in [0.717, 1.165) is 0 Å². The fourth-order valence-electron chi connectivity index (χ4n) is 0.624. The van der Waals surface area contributed by atoms with E-state index in [9.17, 15) is 4.79 Å². The molecule has 0 aliphatic rings. The largest absolute Gasteiger partial charge is 0.284 e. The van der Waals surface area contributed by atoms with Crippen LogP contribution in [0.5, 0.6) is 0 Å². The standard InChI is InChI=1S/C7H8ClNO2S/c1-2-11-9-7(10)5-3-4-6(8)12-5/h3-4H,2H2,1H3,(H,9,10). The predicted octanol–water partition coefficient (Wildman–Crippen LogP) is 2.08. The Kier molecular flexibility index (Phi) is 3.52. The van der Waals surface area contributed by atoms with Crippen molar-refractivity contribution in [2.75, 3.05) is 6.61 Å². The number of rotatable bonds is 3. The van der Waals surface area contributed by atoms with Crippen molar-refractivity contribution in [3.05, 3.63) is 21.3 Å². The average molecular weight is 206 g/mol. The molecule has 0 saturated carbocycles. The summed E-state index contributed by atoms with van der Waals surface area (Å²) < 4.78 is 0.594. The number of carbonyl (C=O) groups is 1. The van der Waals surface area contributed by atoms with Crippen LogP contribution in [-0.2, 0) is 4.84 Å². The highest BCUT2D eigenvalue weighted by Crippen LogP contribution is 2.20. The summed E-state index contributed by atoms with van der Waals surface area (Å²) in [5.74, 6) is -0.256. The number of hydrogen-bond donors (Lipinski definition) is 1. The molecule has 0 aromatic carbocycles. The summed E-state index contributed by atoms with van der Waals surface area (Å²) in [6.07, 6.45) is 0. The topological polar surface area (TPSA) is 38.3 Å². The number of hydroxylamine groups is 1. The SMILES string of the molecule is CCONC(=O)c1ccc(Cl)s1. The smallest absolute Gasteiger partial charge is 0.274 e. The lowest BCUT2D eigenvalue weighted by atomic mass is 10.5. The number of nitrogens with one attached hydrogen (secondary N) is 1. The first kappa shape index (κ1) is 9.51. The van der Waals surface area contributed by atoms with Crippen LogP contribution in [0.1, 0.15) is 16.6 Å². The Bertz CT molecular complexity index is 274. The quantitative estimate of drug-likeness (QED) is 0.768. The van der Waals surface area contributed by atoms with Crippen molar-refractivity contribution in [1.82, 2.24) is 5.48 Å². The molecule has 0 bridgehead atoms. The third-order valence-electron chi connectivity index (χ3n) is 1.11. The van der Waals surface area contributed by atoms with Crippen LogP contribution in [0.15, 0.2) is 12.1 Å². The molecule has 1 N–H and O–H groups in total. The molecule has 0 aliphatic heterocycles. The molecule has 3 nitrogen and oxygen atoms in total. The minimum Gasteiger partial charge on any atom is -0.274 e. The lowest BCUT2D eigenvalue weighted by Gasteiger charge is -1.99. The van der Waals surface area contributed by atoms with Gasteiger partial charge in [0.2, 0.25) is 0 Å². The van der Waals surface area contributed by atoms with Crippen molar-refractivity contribution in [3.8, 4) is 0 Å². The lowest BCUT2D eigenvalue weighted by Crippen LogP contribution is -2.22. The van der Waals surface area contributed by atoms with E-state index in [-0.39, 0.29) is 5.91 Å². The highest BCUT2D eigenvalue weighted by atomic mass is 35.5. The average Bonchev–Trinajstić information content (AvgIpc) is 2.47. The Labute approximate surface area is 79.2 Å². The highest BCUT2D eigenvalue weighted by molar-refractivity contribution is 7.17. The highest BCUT2D eigenvalue weighted by Gasteiger charge is 2.07. The van der Waals surface area contributed by atoms with Crippen molar-refractivity contribution < 1.29 is 9.63 Å². The van der Waals surface area contributed by atoms with Crippen molar-refractivity contribution in [3.63, 3.8) is 0 Å². The summed E-state index contributed by atoms with van der Waals surface area (Å²) in [7, 11) is 0. The number of carbonyl (C=O) groups excluding carboxylic acids is 1. The van der Waals surface area contributed by atoms with Gasteiger partial charge in [-0.2, -0.15) is 0 Å². The zero-order chi connectivity index (χ0) is 8.97. The molecule has 0 unspecified atom stereocenters. The molecular weight excluding hydrogens is 198 g/mol. The van der Waals surface area contributed by atoms with Crippen LogP contribution in [0.3, 0.4) is 0 Å². The molecule has 0 saturated heterocycles. The van der Waals surface area contributed by atoms with Gasteiger partial charge < -0.3 is 0 Å². The van der Waals surface area contributed by atoms with Crippen LogP contribution >= 0.6 is 22.9 Å². The third-order valence-corrected chi connectivity index (χ3v) is 2.34. The van der Waals surface area contributed by atoms with Gasteiger partial charge in [0.1, 0.15) is 0 Å². The molecule has 0 aliphatic carbocycles. The summed E-state index contributed by atoms with van der Waals surface area (Å²) in [4.78, 5) is 16.4. The summed E-state index contributed by atoms with van der Waals surface area (Å²) in [5.41, 5.74) is 2.27. The van der Waals surface area contributed by atoms with E-state index < -0.39 is 0 Å². The van der Waals surface area contributed by atoms with Gasteiger partial charge in [-0.1, -0.05) is 11.6 Å². The second kappa shape index (κ2) is 4.45. The van der Waals surface area contributed by atoms with Crippen molar-refractivity contribution in [2.45, 2.75) is 6.92 Å². The Balaban J connectivity index is 2.53. The van der Waals surface area contributed by atoms with Gasteiger partial charge >= 0.3 is 0 Å². The first-order chi connectivity index (χ1) is 5.74. The van der Waals surface area contributed by atoms with Crippen LogP contribution < -0.4 is 5.48 Å². The van der Waals surface area contributed by atoms with Gasteiger partial charge in [-0.3, -0.25) is 9.63 Å². The first-order valence-electron chi connectivity index (χ1n) is 3.41. The van der Waals surface area contributed by atoms with Gasteiger partial charge in [-0.25, -0.2) is 5.48 Å². The summed E-state index contributed by atoms with van der Waals surface area (Å²) >= 11 is 6.86. The maximum atomic E-state index is 11.1. The van der Waals surface area contributed by atoms with Crippen molar-refractivity contribution in [1.29, 1.82) is 0 Å². The van der Waals surface area contributed by atoms with E-state index in [0.29, 0.717) is 15.8 Å². The van der Waals surface area contributed by atoms with Gasteiger partial charge in [0, 0.05) is 0 Å². The molecule has 0 atom stereocenters. The number of halogens is 1. The normalized spacial score (nSPS) is 9.83. The van der Waals surface area contributed by atoms with E-state index in [1.165, 1.54) is 11.3 Å². The summed E-state index contributed by atoms with van der Waals surface area (Å²) in [5, 5.41) is 0. The van der Waals surface area contributed by atoms with E-state index in [1.807, 2.05) is 0 Å². The van der Waals surface area contributed by atoms with Crippen LogP contribution in [0.2, 0.25) is 4.34 Å². The minimum atomic E-state index is -0.256. The minimum absolute atomic E-state index is 0.256. The predicted molar refractivity (Wildman–Crippen MR) is 48.4 cm³/mol. The molecule has 0 radical (unpaired) electrons. The van der Waals surface area contributed by atoms with Gasteiger partial charge in [0.15, 0.2) is 0 Å². The molecule has 1 rings (SSSR count). The number of thiophene rings is 1. The molecule has 1 aromatic rings. The van der Waals surface area contributed by atoms with Crippen LogP contribution in [-0.4, -0.2) is 12.5 Å². The molecule has 66 valence electrons. The number of amides is 1. The number of hydrogen-bond acceptors (Lipinski definition) is 3. The monoisotopic (exact) mass is 205 g/mol. The van der Waals surface area contributed by atoms with E-state index in [4.69, 9.17) is 16.4 Å². The van der Waals surface area contributed by atoms with Crippen LogP contribution in [0.25, 0.3) is 0 Å². The van der Waals surface area contributed by atoms with Gasteiger partial charge in [-0.15, -0.1) is 11.3 Å². The van der Waals surface area contributed by atoms with Crippen LogP contribution in [0, 0.1) is 0 Å². The molecular formula is C7H8ClNO2S. The second-order valence-electron chi connectivity index (χ2n) is 1.97. The second-order valence-corrected chi connectivity index (χ2v) is 3.68. The lowest BCUT2D eigenvalue weighted by molar-refractivity contribution is 0.0368. The molecule has 0 spiro atoms. The fraction of sp³-hybridized carbons (Fsp3) is 0.286. The van der Waals surface area contributed by atoms with Gasteiger partial charge in [0.25, 0.3) is 5.91 Å². The maximum absolute atomic E-state index is 11.1.